The van der Waals surface area contributed by atoms with Gasteiger partial charge in [-0.3, -0.25) is 19.0 Å². The summed E-state index contributed by atoms with van der Waals surface area (Å²) in [6.45, 7) is 1.75. The zero-order valence-electron chi connectivity index (χ0n) is 17.2. The summed E-state index contributed by atoms with van der Waals surface area (Å²) in [6, 6.07) is 15.4. The molecule has 2 heterocycles. The summed E-state index contributed by atoms with van der Waals surface area (Å²) in [7, 11) is 1.55. The minimum Gasteiger partial charge on any atom is -0.497 e. The molecule has 0 aliphatic carbocycles. The van der Waals surface area contributed by atoms with Gasteiger partial charge in [-0.05, 0) is 18.2 Å². The van der Waals surface area contributed by atoms with E-state index in [4.69, 9.17) is 9.47 Å². The van der Waals surface area contributed by atoms with Crippen molar-refractivity contribution in [3.05, 3.63) is 70.5 Å². The van der Waals surface area contributed by atoms with E-state index in [9.17, 15) is 14.4 Å². The smallest absolute Gasteiger partial charge is 0.254 e. The van der Waals surface area contributed by atoms with Crippen LogP contribution in [0, 0.1) is 0 Å². The summed E-state index contributed by atoms with van der Waals surface area (Å²) in [5.74, 6) is 0.0590. The summed E-state index contributed by atoms with van der Waals surface area (Å²) >= 11 is 0. The number of pyridine rings is 1. The van der Waals surface area contributed by atoms with Crippen molar-refractivity contribution in [1.29, 1.82) is 0 Å². The van der Waals surface area contributed by atoms with E-state index in [1.165, 1.54) is 10.6 Å². The highest BCUT2D eigenvalue weighted by Crippen LogP contribution is 2.20. The van der Waals surface area contributed by atoms with Crippen LogP contribution >= 0.6 is 0 Å². The van der Waals surface area contributed by atoms with Gasteiger partial charge in [0, 0.05) is 36.3 Å². The molecule has 0 radical (unpaired) electrons. The maximum absolute atomic E-state index is 13.0. The van der Waals surface area contributed by atoms with Gasteiger partial charge >= 0.3 is 0 Å². The lowest BCUT2D eigenvalue weighted by atomic mass is 10.1. The molecule has 0 atom stereocenters. The van der Waals surface area contributed by atoms with Crippen molar-refractivity contribution < 1.29 is 19.1 Å². The molecule has 1 N–H and O–H groups in total. The lowest BCUT2D eigenvalue weighted by Crippen LogP contribution is -2.41. The van der Waals surface area contributed by atoms with E-state index in [1.54, 1.807) is 54.5 Å². The van der Waals surface area contributed by atoms with E-state index in [-0.39, 0.29) is 18.4 Å². The molecule has 1 aromatic heterocycles. The van der Waals surface area contributed by atoms with E-state index in [0.717, 1.165) is 0 Å². The highest BCUT2D eigenvalue weighted by atomic mass is 16.5. The van der Waals surface area contributed by atoms with Crippen LogP contribution in [-0.4, -0.2) is 54.7 Å². The first-order valence-corrected chi connectivity index (χ1v) is 10.0. The lowest BCUT2D eigenvalue weighted by Gasteiger charge is -2.27. The quantitative estimate of drug-likeness (QED) is 0.682. The fraction of sp³-hybridized carbons (Fsp3) is 0.261. The number of carbonyl (C=O) groups is 2. The first kappa shape index (κ1) is 20.6. The van der Waals surface area contributed by atoms with Crippen LogP contribution in [0.1, 0.15) is 10.4 Å². The Balaban J connectivity index is 1.64. The summed E-state index contributed by atoms with van der Waals surface area (Å²) in [6.07, 6.45) is 0. The average molecular weight is 421 g/mol. The van der Waals surface area contributed by atoms with Gasteiger partial charge in [0.1, 0.15) is 12.3 Å². The molecule has 2 amide bonds. The maximum atomic E-state index is 13.0. The summed E-state index contributed by atoms with van der Waals surface area (Å²) in [5.41, 5.74) is 1.04. The van der Waals surface area contributed by atoms with Crippen molar-refractivity contribution in [1.82, 2.24) is 9.47 Å². The summed E-state index contributed by atoms with van der Waals surface area (Å²) < 4.78 is 11.9. The van der Waals surface area contributed by atoms with Gasteiger partial charge in [0.25, 0.3) is 11.5 Å². The number of methoxy groups -OCH3 is 1. The zero-order valence-corrected chi connectivity index (χ0v) is 17.2. The molecule has 1 aliphatic rings. The number of hydrogen-bond donors (Lipinski definition) is 1. The van der Waals surface area contributed by atoms with Gasteiger partial charge in [-0.15, -0.1) is 0 Å². The van der Waals surface area contributed by atoms with Gasteiger partial charge in [-0.2, -0.15) is 0 Å². The van der Waals surface area contributed by atoms with Crippen LogP contribution in [0.4, 0.5) is 5.69 Å². The number of anilines is 1. The number of aromatic nitrogens is 1. The maximum Gasteiger partial charge on any atom is 0.254 e. The largest absolute Gasteiger partial charge is 0.497 e. The Morgan fingerprint density at radius 3 is 2.61 bits per heavy atom. The molecule has 3 aromatic rings. The number of carbonyl (C=O) groups excluding carboxylic acids is 2. The van der Waals surface area contributed by atoms with Crippen LogP contribution in [-0.2, 0) is 16.1 Å². The third kappa shape index (κ3) is 4.44. The molecule has 8 heteroatoms. The molecule has 0 saturated carbocycles. The Morgan fingerprint density at radius 2 is 1.84 bits per heavy atom. The van der Waals surface area contributed by atoms with Crippen molar-refractivity contribution in [2.45, 2.75) is 6.54 Å². The van der Waals surface area contributed by atoms with Gasteiger partial charge in [0.15, 0.2) is 0 Å². The second-order valence-electron chi connectivity index (χ2n) is 7.18. The van der Waals surface area contributed by atoms with Gasteiger partial charge in [-0.25, -0.2) is 0 Å². The molecule has 160 valence electrons. The second kappa shape index (κ2) is 9.01. The monoisotopic (exact) mass is 421 g/mol. The first-order valence-electron chi connectivity index (χ1n) is 10.0. The standard InChI is InChI=1S/C23H23N3O5/c1-30-17-6-4-5-16(13-17)24-21(27)15-26-20-8-3-2-7-18(20)19(14-22(26)28)23(29)25-9-11-31-12-10-25/h2-8,13-14H,9-12,15H2,1H3,(H,24,27). The van der Waals surface area contributed by atoms with Gasteiger partial charge < -0.3 is 19.7 Å². The lowest BCUT2D eigenvalue weighted by molar-refractivity contribution is -0.116. The number of rotatable bonds is 5. The number of benzene rings is 2. The number of nitrogens with zero attached hydrogens (tertiary/aromatic N) is 2. The highest BCUT2D eigenvalue weighted by Gasteiger charge is 2.22. The topological polar surface area (TPSA) is 89.9 Å². The fourth-order valence-corrected chi connectivity index (χ4v) is 3.66. The average Bonchev–Trinajstić information content (AvgIpc) is 2.81. The molecule has 8 nitrogen and oxygen atoms in total. The Morgan fingerprint density at radius 1 is 1.06 bits per heavy atom. The number of hydrogen-bond acceptors (Lipinski definition) is 5. The van der Waals surface area contributed by atoms with E-state index >= 15 is 0 Å². The van der Waals surface area contributed by atoms with Gasteiger partial charge in [-0.1, -0.05) is 24.3 Å². The number of para-hydroxylation sites is 1. The van der Waals surface area contributed by atoms with Crippen LogP contribution < -0.4 is 15.6 Å². The van der Waals surface area contributed by atoms with Crippen LogP contribution in [0.15, 0.2) is 59.4 Å². The van der Waals surface area contributed by atoms with E-state index in [1.807, 2.05) is 6.07 Å². The first-order chi connectivity index (χ1) is 15.1. The summed E-state index contributed by atoms with van der Waals surface area (Å²) in [5, 5.41) is 3.41. The molecule has 31 heavy (non-hydrogen) atoms. The Labute approximate surface area is 179 Å². The zero-order chi connectivity index (χ0) is 21.8. The Kier molecular flexibility index (Phi) is 5.99. The summed E-state index contributed by atoms with van der Waals surface area (Å²) in [4.78, 5) is 40.3. The SMILES string of the molecule is COc1cccc(NC(=O)Cn2c(=O)cc(C(=O)N3CCOCC3)c3ccccc32)c1. The molecule has 0 bridgehead atoms. The normalized spacial score (nSPS) is 13.8. The molecule has 0 spiro atoms. The molecule has 1 fully saturated rings. The van der Waals surface area contributed by atoms with Crippen molar-refractivity contribution in [2.24, 2.45) is 0 Å². The number of fused-ring (bicyclic) bond motifs is 1. The third-order valence-electron chi connectivity index (χ3n) is 5.20. The van der Waals surface area contributed by atoms with E-state index in [0.29, 0.717) is 54.2 Å². The molecular weight excluding hydrogens is 398 g/mol. The predicted molar refractivity (Wildman–Crippen MR) is 117 cm³/mol. The Hall–Kier alpha value is -3.65. The molecule has 2 aromatic carbocycles. The molecular formula is C23H23N3O5. The minimum atomic E-state index is -0.406. The van der Waals surface area contributed by atoms with Crippen LogP contribution in [0.3, 0.4) is 0 Å². The second-order valence-corrected chi connectivity index (χ2v) is 7.18. The van der Waals surface area contributed by atoms with Crippen molar-refractivity contribution in [3.63, 3.8) is 0 Å². The van der Waals surface area contributed by atoms with Crippen LogP contribution in [0.25, 0.3) is 10.9 Å². The van der Waals surface area contributed by atoms with Crippen LogP contribution in [0.5, 0.6) is 5.75 Å². The molecule has 1 saturated heterocycles. The van der Waals surface area contributed by atoms with Crippen LogP contribution in [0.2, 0.25) is 0 Å². The van der Waals surface area contributed by atoms with Crippen molar-refractivity contribution in [3.8, 4) is 5.75 Å². The molecule has 4 rings (SSSR count). The van der Waals surface area contributed by atoms with Gasteiger partial charge in [0.2, 0.25) is 5.91 Å². The highest BCUT2D eigenvalue weighted by molar-refractivity contribution is 6.06. The number of nitrogens with one attached hydrogen (secondary N) is 1. The van der Waals surface area contributed by atoms with Gasteiger partial charge in [0.05, 0.1) is 31.4 Å². The molecule has 0 unspecified atom stereocenters. The third-order valence-corrected chi connectivity index (χ3v) is 5.20. The number of amides is 2. The van der Waals surface area contributed by atoms with Crippen molar-refractivity contribution in [2.75, 3.05) is 38.7 Å². The van der Waals surface area contributed by atoms with Crippen molar-refractivity contribution >= 4 is 28.4 Å². The number of morpholine rings is 1. The molecule has 1 aliphatic heterocycles. The van der Waals surface area contributed by atoms with E-state index in [2.05, 4.69) is 5.32 Å². The van der Waals surface area contributed by atoms with E-state index < -0.39 is 5.56 Å². The Bertz CT molecular complexity index is 1180. The minimum absolute atomic E-state index is 0.178. The number of ether oxygens (including phenoxy) is 2. The predicted octanol–water partition coefficient (Wildman–Crippen LogP) is 2.12. The fourth-order valence-electron chi connectivity index (χ4n) is 3.66.